The van der Waals surface area contributed by atoms with E-state index in [1.165, 1.54) is 6.07 Å². The van der Waals surface area contributed by atoms with Gasteiger partial charge in [-0.3, -0.25) is 0 Å². The molecule has 0 bridgehead atoms. The van der Waals surface area contributed by atoms with E-state index in [0.717, 1.165) is 18.1 Å². The number of aliphatic hydroxyl groups is 1. The molecule has 0 aliphatic heterocycles. The Morgan fingerprint density at radius 3 is 2.62 bits per heavy atom. The lowest BCUT2D eigenvalue weighted by atomic mass is 10.1. The number of aliphatic hydroxyl groups excluding tert-OH is 1. The Kier molecular flexibility index (Phi) is 2.04. The molecule has 1 aromatic rings. The quantitative estimate of drug-likeness (QED) is 0.745. The molecule has 13 heavy (non-hydrogen) atoms. The number of hydrogen-bond donors (Lipinski definition) is 1. The summed E-state index contributed by atoms with van der Waals surface area (Å²) in [6, 6.07) is 3.94. The molecule has 0 heterocycles. The van der Waals surface area contributed by atoms with Crippen molar-refractivity contribution in [2.45, 2.75) is 12.3 Å². The lowest BCUT2D eigenvalue weighted by Gasteiger charge is -1.99. The van der Waals surface area contributed by atoms with Crippen LogP contribution in [0.15, 0.2) is 18.2 Å². The second-order valence-corrected chi connectivity index (χ2v) is 3.46. The van der Waals surface area contributed by atoms with Crippen LogP contribution in [-0.2, 0) is 0 Å². The van der Waals surface area contributed by atoms with Gasteiger partial charge in [-0.25, -0.2) is 8.78 Å². The summed E-state index contributed by atoms with van der Waals surface area (Å²) >= 11 is 0. The third kappa shape index (κ3) is 1.56. The summed E-state index contributed by atoms with van der Waals surface area (Å²) in [5.41, 5.74) is 0.790. The van der Waals surface area contributed by atoms with E-state index in [1.54, 1.807) is 6.07 Å². The Morgan fingerprint density at radius 2 is 2.08 bits per heavy atom. The molecule has 1 aliphatic rings. The van der Waals surface area contributed by atoms with E-state index in [9.17, 15) is 8.78 Å². The minimum Gasteiger partial charge on any atom is -0.396 e. The monoisotopic (exact) mass is 184 g/mol. The van der Waals surface area contributed by atoms with Crippen molar-refractivity contribution < 1.29 is 13.9 Å². The first kappa shape index (κ1) is 8.63. The third-order valence-corrected chi connectivity index (χ3v) is 2.53. The highest BCUT2D eigenvalue weighted by Crippen LogP contribution is 2.47. The fraction of sp³-hybridized carbons (Fsp3) is 0.400. The van der Waals surface area contributed by atoms with E-state index >= 15 is 0 Å². The van der Waals surface area contributed by atoms with Crippen LogP contribution in [0.5, 0.6) is 0 Å². The molecule has 0 radical (unpaired) electrons. The summed E-state index contributed by atoms with van der Waals surface area (Å²) in [7, 11) is 0. The summed E-state index contributed by atoms with van der Waals surface area (Å²) < 4.78 is 25.3. The summed E-state index contributed by atoms with van der Waals surface area (Å²) in [4.78, 5) is 0. The van der Waals surface area contributed by atoms with Crippen molar-refractivity contribution in [1.82, 2.24) is 0 Å². The van der Waals surface area contributed by atoms with Crippen molar-refractivity contribution in [1.29, 1.82) is 0 Å². The van der Waals surface area contributed by atoms with Crippen LogP contribution in [0, 0.1) is 17.6 Å². The zero-order valence-corrected chi connectivity index (χ0v) is 7.00. The van der Waals surface area contributed by atoms with E-state index in [-0.39, 0.29) is 18.4 Å². The van der Waals surface area contributed by atoms with Gasteiger partial charge in [0.1, 0.15) is 0 Å². The molecule has 70 valence electrons. The second-order valence-electron chi connectivity index (χ2n) is 3.46. The zero-order chi connectivity index (χ0) is 9.42. The van der Waals surface area contributed by atoms with E-state index < -0.39 is 11.6 Å². The van der Waals surface area contributed by atoms with Gasteiger partial charge in [0, 0.05) is 6.61 Å². The SMILES string of the molecule is OC[C@@H]1C[C@@H]1c1ccc(F)c(F)c1. The van der Waals surface area contributed by atoms with Crippen LogP contribution in [0.1, 0.15) is 17.9 Å². The first-order valence-corrected chi connectivity index (χ1v) is 4.28. The number of halogens is 2. The van der Waals surface area contributed by atoms with Crippen molar-refractivity contribution in [3.63, 3.8) is 0 Å². The number of benzene rings is 1. The van der Waals surface area contributed by atoms with Crippen LogP contribution in [0.25, 0.3) is 0 Å². The molecule has 0 unspecified atom stereocenters. The maximum absolute atomic E-state index is 12.8. The zero-order valence-electron chi connectivity index (χ0n) is 7.00. The van der Waals surface area contributed by atoms with Gasteiger partial charge in [-0.05, 0) is 36.0 Å². The van der Waals surface area contributed by atoms with Gasteiger partial charge in [-0.1, -0.05) is 6.07 Å². The Balaban J connectivity index is 2.19. The minimum atomic E-state index is -0.815. The van der Waals surface area contributed by atoms with E-state index in [4.69, 9.17) is 5.11 Å². The van der Waals surface area contributed by atoms with Gasteiger partial charge in [0.2, 0.25) is 0 Å². The highest BCUT2D eigenvalue weighted by molar-refractivity contribution is 5.27. The molecular weight excluding hydrogens is 174 g/mol. The van der Waals surface area contributed by atoms with Crippen LogP contribution < -0.4 is 0 Å². The van der Waals surface area contributed by atoms with Gasteiger partial charge in [0.05, 0.1) is 0 Å². The van der Waals surface area contributed by atoms with Crippen LogP contribution >= 0.6 is 0 Å². The highest BCUT2D eigenvalue weighted by Gasteiger charge is 2.37. The van der Waals surface area contributed by atoms with Crippen LogP contribution in [0.4, 0.5) is 8.78 Å². The molecule has 0 saturated heterocycles. The van der Waals surface area contributed by atoms with Gasteiger partial charge in [0.25, 0.3) is 0 Å². The summed E-state index contributed by atoms with van der Waals surface area (Å²) in [5.74, 6) is -1.16. The third-order valence-electron chi connectivity index (χ3n) is 2.53. The lowest BCUT2D eigenvalue weighted by molar-refractivity contribution is 0.274. The van der Waals surface area contributed by atoms with Gasteiger partial charge >= 0.3 is 0 Å². The maximum atomic E-state index is 12.8. The molecule has 0 spiro atoms. The molecule has 1 nitrogen and oxygen atoms in total. The molecular formula is C10H10F2O. The van der Waals surface area contributed by atoms with E-state index in [0.29, 0.717) is 0 Å². The topological polar surface area (TPSA) is 20.2 Å². The second kappa shape index (κ2) is 3.07. The first-order chi connectivity index (χ1) is 6.22. The molecule has 0 aromatic heterocycles. The summed E-state index contributed by atoms with van der Waals surface area (Å²) in [6.07, 6.45) is 0.877. The molecule has 3 heteroatoms. The molecule has 0 amide bonds. The average Bonchev–Trinajstić information content (AvgIpc) is 2.88. The van der Waals surface area contributed by atoms with E-state index in [2.05, 4.69) is 0 Å². The van der Waals surface area contributed by atoms with Crippen molar-refractivity contribution in [2.75, 3.05) is 6.61 Å². The van der Waals surface area contributed by atoms with Gasteiger partial charge in [-0.15, -0.1) is 0 Å². The predicted octanol–water partition coefficient (Wildman–Crippen LogP) is 2.06. The molecule has 2 rings (SSSR count). The van der Waals surface area contributed by atoms with Crippen LogP contribution in [0.2, 0.25) is 0 Å². The highest BCUT2D eigenvalue weighted by atomic mass is 19.2. The Hall–Kier alpha value is -0.960. The maximum Gasteiger partial charge on any atom is 0.159 e. The van der Waals surface area contributed by atoms with Crippen molar-refractivity contribution in [2.24, 2.45) is 5.92 Å². The summed E-state index contributed by atoms with van der Waals surface area (Å²) in [6.45, 7) is 0.129. The fourth-order valence-electron chi connectivity index (χ4n) is 1.60. The molecule has 1 N–H and O–H groups in total. The largest absolute Gasteiger partial charge is 0.396 e. The molecule has 1 saturated carbocycles. The Morgan fingerprint density at radius 1 is 1.31 bits per heavy atom. The van der Waals surface area contributed by atoms with Gasteiger partial charge in [0.15, 0.2) is 11.6 Å². The Labute approximate surface area is 75.0 Å². The molecule has 1 fully saturated rings. The lowest BCUT2D eigenvalue weighted by Crippen LogP contribution is -1.91. The normalized spacial score (nSPS) is 26.1. The Bertz CT molecular complexity index is 325. The minimum absolute atomic E-state index is 0.129. The van der Waals surface area contributed by atoms with Crippen molar-refractivity contribution >= 4 is 0 Å². The molecule has 2 atom stereocenters. The smallest absolute Gasteiger partial charge is 0.159 e. The number of hydrogen-bond acceptors (Lipinski definition) is 1. The standard InChI is InChI=1S/C10H10F2O/c11-9-2-1-6(4-10(9)12)8-3-7(8)5-13/h1-2,4,7-8,13H,3,5H2/t7-,8+/m0/s1. The van der Waals surface area contributed by atoms with Crippen LogP contribution in [-0.4, -0.2) is 11.7 Å². The molecule has 1 aliphatic carbocycles. The average molecular weight is 184 g/mol. The molecule has 1 aromatic carbocycles. The van der Waals surface area contributed by atoms with Crippen molar-refractivity contribution in [3.8, 4) is 0 Å². The summed E-state index contributed by atoms with van der Waals surface area (Å²) in [5, 5.41) is 8.79. The first-order valence-electron chi connectivity index (χ1n) is 4.28. The predicted molar refractivity (Wildman–Crippen MR) is 44.3 cm³/mol. The van der Waals surface area contributed by atoms with Gasteiger partial charge < -0.3 is 5.11 Å². The van der Waals surface area contributed by atoms with Crippen molar-refractivity contribution in [3.05, 3.63) is 35.4 Å². The number of rotatable bonds is 2. The van der Waals surface area contributed by atoms with Crippen LogP contribution in [0.3, 0.4) is 0 Å². The fourth-order valence-corrected chi connectivity index (χ4v) is 1.60. The van der Waals surface area contributed by atoms with E-state index in [1.807, 2.05) is 0 Å². The van der Waals surface area contributed by atoms with Gasteiger partial charge in [-0.2, -0.15) is 0 Å².